The molecule has 0 bridgehead atoms. The minimum absolute atomic E-state index is 0.888. The van der Waals surface area contributed by atoms with Gasteiger partial charge in [0.25, 0.3) is 0 Å². The molecule has 0 aliphatic heterocycles. The van der Waals surface area contributed by atoms with Crippen molar-refractivity contribution in [2.45, 2.75) is 0 Å². The van der Waals surface area contributed by atoms with Gasteiger partial charge in [0.2, 0.25) is 0 Å². The average Bonchev–Trinajstić information content (AvgIpc) is 3.97. The van der Waals surface area contributed by atoms with Crippen LogP contribution >= 0.6 is 0 Å². The fraction of sp³-hybridized carbons (Fsp3) is 0. The molecule has 0 atom stereocenters. The first-order valence-electron chi connectivity index (χ1n) is 23.6. The number of hydrogen-bond donors (Lipinski definition) is 0. The molecule has 0 unspecified atom stereocenters. The summed E-state index contributed by atoms with van der Waals surface area (Å²) in [4.78, 5) is 2.35. The third kappa shape index (κ3) is 7.34. The van der Waals surface area contributed by atoms with Gasteiger partial charge in [-0.3, -0.25) is 0 Å². The Kier molecular flexibility index (Phi) is 9.84. The zero-order valence-electron chi connectivity index (χ0n) is 37.7. The number of rotatable bonds is 9. The molecule has 0 aliphatic carbocycles. The first-order chi connectivity index (χ1) is 34.2. The van der Waals surface area contributed by atoms with E-state index in [9.17, 15) is 0 Å². The second-order valence-corrected chi connectivity index (χ2v) is 17.7. The molecule has 2 aromatic heterocycles. The third-order valence-corrected chi connectivity index (χ3v) is 13.6. The van der Waals surface area contributed by atoms with Crippen LogP contribution in [0.1, 0.15) is 0 Å². The van der Waals surface area contributed by atoms with E-state index in [2.05, 4.69) is 264 Å². The van der Waals surface area contributed by atoms with Crippen LogP contribution in [0.15, 0.2) is 271 Å². The van der Waals surface area contributed by atoms with E-state index in [0.29, 0.717) is 0 Å². The fourth-order valence-corrected chi connectivity index (χ4v) is 10.2. The van der Waals surface area contributed by atoms with E-state index in [1.54, 1.807) is 0 Å². The number of nitrogens with zero attached hydrogens (tertiary/aromatic N) is 2. The molecule has 13 aromatic rings. The van der Waals surface area contributed by atoms with Crippen LogP contribution in [0.25, 0.3) is 105 Å². The molecular formula is C66H44N2O. The van der Waals surface area contributed by atoms with E-state index < -0.39 is 0 Å². The predicted molar refractivity (Wildman–Crippen MR) is 290 cm³/mol. The van der Waals surface area contributed by atoms with Crippen molar-refractivity contribution in [2.24, 2.45) is 0 Å². The molecule has 0 amide bonds. The third-order valence-electron chi connectivity index (χ3n) is 13.6. The van der Waals surface area contributed by atoms with Crippen molar-refractivity contribution in [3.05, 3.63) is 267 Å². The Morgan fingerprint density at radius 2 is 0.667 bits per heavy atom. The molecule has 0 saturated carbocycles. The van der Waals surface area contributed by atoms with Gasteiger partial charge < -0.3 is 13.9 Å². The van der Waals surface area contributed by atoms with Gasteiger partial charge in [-0.1, -0.05) is 182 Å². The van der Waals surface area contributed by atoms with Crippen molar-refractivity contribution in [1.82, 2.24) is 4.57 Å². The summed E-state index contributed by atoms with van der Waals surface area (Å²) in [5.74, 6) is 0. The molecule has 3 heteroatoms. The van der Waals surface area contributed by atoms with Crippen LogP contribution in [0, 0.1) is 0 Å². The molecular weight excluding hydrogens is 837 g/mol. The highest BCUT2D eigenvalue weighted by atomic mass is 16.3. The lowest BCUT2D eigenvalue weighted by atomic mass is 9.98. The normalized spacial score (nSPS) is 11.5. The molecule has 2 heterocycles. The number of para-hydroxylation sites is 3. The molecule has 0 aliphatic rings. The summed E-state index contributed by atoms with van der Waals surface area (Å²) in [5.41, 5.74) is 20.2. The Balaban J connectivity index is 0.848. The van der Waals surface area contributed by atoms with Crippen molar-refractivity contribution in [3.63, 3.8) is 0 Å². The Labute approximate surface area is 401 Å². The van der Waals surface area contributed by atoms with Crippen LogP contribution in [-0.4, -0.2) is 4.57 Å². The van der Waals surface area contributed by atoms with E-state index >= 15 is 0 Å². The zero-order chi connectivity index (χ0) is 45.7. The van der Waals surface area contributed by atoms with Crippen LogP contribution in [0.2, 0.25) is 0 Å². The van der Waals surface area contributed by atoms with Crippen LogP contribution in [0.5, 0.6) is 0 Å². The summed E-state index contributed by atoms with van der Waals surface area (Å²) in [7, 11) is 0. The molecule has 324 valence electrons. The molecule has 11 aromatic carbocycles. The Hall–Kier alpha value is -9.18. The fourth-order valence-electron chi connectivity index (χ4n) is 10.2. The lowest BCUT2D eigenvalue weighted by Crippen LogP contribution is -2.10. The van der Waals surface area contributed by atoms with Gasteiger partial charge in [-0.25, -0.2) is 0 Å². The van der Waals surface area contributed by atoms with Gasteiger partial charge in [-0.15, -0.1) is 0 Å². The maximum absolute atomic E-state index is 6.32. The molecule has 0 radical (unpaired) electrons. The molecule has 0 fully saturated rings. The number of aromatic nitrogens is 1. The number of anilines is 3. The minimum Gasteiger partial charge on any atom is -0.456 e. The van der Waals surface area contributed by atoms with E-state index in [4.69, 9.17) is 4.42 Å². The highest BCUT2D eigenvalue weighted by molar-refractivity contribution is 6.09. The second-order valence-electron chi connectivity index (χ2n) is 17.7. The van der Waals surface area contributed by atoms with Gasteiger partial charge in [0, 0.05) is 44.3 Å². The Morgan fingerprint density at radius 1 is 0.246 bits per heavy atom. The van der Waals surface area contributed by atoms with E-state index in [1.807, 2.05) is 12.1 Å². The molecule has 0 spiro atoms. The largest absolute Gasteiger partial charge is 0.456 e. The van der Waals surface area contributed by atoms with Gasteiger partial charge in [-0.05, 0) is 141 Å². The van der Waals surface area contributed by atoms with Crippen LogP contribution < -0.4 is 4.90 Å². The highest BCUT2D eigenvalue weighted by Gasteiger charge is 2.17. The Bertz CT molecular complexity index is 3940. The SMILES string of the molecule is c1ccc(-c2ccc(-c3ccc(N(c4ccc(-c5cccc(-c6cccc(-n7c8ccccc8c8ccccc87)c6)c5)cc4)c4cccc(-c5ccc6c(c5)oc5ccccc56)c4)cc3)cc2)cc1. The lowest BCUT2D eigenvalue weighted by molar-refractivity contribution is 0.669. The van der Waals surface area contributed by atoms with Gasteiger partial charge in [0.05, 0.1) is 11.0 Å². The standard InChI is InChI=1S/C66H44N2O/c1-2-13-45(14-3-1)46-27-29-47(30-28-46)48-31-36-55(37-32-48)67(57-19-11-18-53(42-57)54-35-40-62-61-23-6-9-26-65(61)69-66(62)44-54)56-38-33-49(34-39-56)50-15-10-16-51(41-50)52-17-12-20-58(43-52)68-63-24-7-4-21-59(63)60-22-5-8-25-64(60)68/h1-44H. The van der Waals surface area contributed by atoms with Crippen LogP contribution in [0.3, 0.4) is 0 Å². The maximum Gasteiger partial charge on any atom is 0.136 e. The number of fused-ring (bicyclic) bond motifs is 6. The van der Waals surface area contributed by atoms with Crippen molar-refractivity contribution in [3.8, 4) is 61.3 Å². The summed E-state index contributed by atoms with van der Waals surface area (Å²) in [6, 6.07) is 96.1. The summed E-state index contributed by atoms with van der Waals surface area (Å²) in [6.45, 7) is 0. The summed E-state index contributed by atoms with van der Waals surface area (Å²) < 4.78 is 8.71. The van der Waals surface area contributed by atoms with Crippen LogP contribution in [-0.2, 0) is 0 Å². The highest BCUT2D eigenvalue weighted by Crippen LogP contribution is 2.41. The first-order valence-corrected chi connectivity index (χ1v) is 23.6. The zero-order valence-corrected chi connectivity index (χ0v) is 37.7. The molecule has 13 rings (SSSR count). The van der Waals surface area contributed by atoms with Gasteiger partial charge in [0.1, 0.15) is 11.2 Å². The smallest absolute Gasteiger partial charge is 0.136 e. The van der Waals surface area contributed by atoms with Crippen molar-refractivity contribution < 1.29 is 4.42 Å². The van der Waals surface area contributed by atoms with Gasteiger partial charge >= 0.3 is 0 Å². The quantitative estimate of drug-likeness (QED) is 0.144. The van der Waals surface area contributed by atoms with Crippen LogP contribution in [0.4, 0.5) is 17.1 Å². The van der Waals surface area contributed by atoms with Crippen molar-refractivity contribution in [2.75, 3.05) is 4.90 Å². The van der Waals surface area contributed by atoms with E-state index in [0.717, 1.165) is 61.4 Å². The maximum atomic E-state index is 6.32. The first kappa shape index (κ1) is 40.1. The summed E-state index contributed by atoms with van der Waals surface area (Å²) in [5, 5.41) is 4.78. The summed E-state index contributed by atoms with van der Waals surface area (Å²) in [6.07, 6.45) is 0. The second kappa shape index (κ2) is 16.9. The average molecular weight is 881 g/mol. The molecule has 0 N–H and O–H groups in total. The number of hydrogen-bond acceptors (Lipinski definition) is 2. The monoisotopic (exact) mass is 880 g/mol. The molecule has 0 saturated heterocycles. The predicted octanol–water partition coefficient (Wildman–Crippen LogP) is 18.5. The minimum atomic E-state index is 0.888. The number of benzene rings is 11. The Morgan fingerprint density at radius 3 is 1.32 bits per heavy atom. The molecule has 3 nitrogen and oxygen atoms in total. The number of furan rings is 1. The molecule has 69 heavy (non-hydrogen) atoms. The van der Waals surface area contributed by atoms with E-state index in [-0.39, 0.29) is 0 Å². The summed E-state index contributed by atoms with van der Waals surface area (Å²) >= 11 is 0. The topological polar surface area (TPSA) is 21.3 Å². The lowest BCUT2D eigenvalue weighted by Gasteiger charge is -2.26. The van der Waals surface area contributed by atoms with Gasteiger partial charge in [0.15, 0.2) is 0 Å². The van der Waals surface area contributed by atoms with Crippen molar-refractivity contribution >= 4 is 60.8 Å². The van der Waals surface area contributed by atoms with Crippen molar-refractivity contribution in [1.29, 1.82) is 0 Å². The van der Waals surface area contributed by atoms with Gasteiger partial charge in [-0.2, -0.15) is 0 Å². The van der Waals surface area contributed by atoms with E-state index in [1.165, 1.54) is 60.8 Å².